The Labute approximate surface area is 134 Å². The predicted molar refractivity (Wildman–Crippen MR) is 75.9 cm³/mol. The Morgan fingerprint density at radius 2 is 2.00 bits per heavy atom. The fourth-order valence-electron chi connectivity index (χ4n) is 2.09. The van der Waals surface area contributed by atoms with Crippen molar-refractivity contribution in [3.05, 3.63) is 42.1 Å². The van der Waals surface area contributed by atoms with Gasteiger partial charge in [-0.1, -0.05) is 35.4 Å². The van der Waals surface area contributed by atoms with Crippen LogP contribution in [0.3, 0.4) is 0 Å². The normalized spacial score (nSPS) is 9.95. The molecule has 0 aliphatic heterocycles. The fourth-order valence-corrected chi connectivity index (χ4v) is 2.09. The van der Waals surface area contributed by atoms with E-state index in [0.717, 1.165) is 16.8 Å². The number of nitrogens with two attached hydrogens (primary N) is 1. The van der Waals surface area contributed by atoms with Gasteiger partial charge >= 0.3 is 5.97 Å². The van der Waals surface area contributed by atoms with Crippen LogP contribution in [-0.4, -0.2) is 16.2 Å². The van der Waals surface area contributed by atoms with Gasteiger partial charge in [-0.05, 0) is 18.9 Å². The molecule has 21 heavy (non-hydrogen) atoms. The molecule has 1 aromatic heterocycles. The van der Waals surface area contributed by atoms with Crippen LogP contribution in [0.4, 0.5) is 5.82 Å². The standard InChI is InChI=1S/C15H17N3O2.BrH/c1-11-13(12-6-3-2-4-7-12)10-14(16)18(17-11)9-5-8-15(19)20;/h2-4,6-7,10,16H,5,8-9H2,1H3,(H,19,20);1H. The van der Waals surface area contributed by atoms with Crippen molar-refractivity contribution in [3.63, 3.8) is 0 Å². The minimum atomic E-state index is -0.804. The first kappa shape index (κ1) is 17.1. The number of aryl methyl sites for hydroxylation is 2. The molecule has 0 amide bonds. The average Bonchev–Trinajstić information content (AvgIpc) is 2.43. The molecule has 3 N–H and O–H groups in total. The smallest absolute Gasteiger partial charge is 0.303 e. The van der Waals surface area contributed by atoms with Crippen molar-refractivity contribution in [2.75, 3.05) is 5.73 Å². The molecular formula is C15H18BrN3O2. The molecule has 6 heteroatoms. The van der Waals surface area contributed by atoms with E-state index in [1.165, 1.54) is 0 Å². The number of halogens is 1. The molecule has 0 radical (unpaired) electrons. The molecule has 0 fully saturated rings. The van der Waals surface area contributed by atoms with Gasteiger partial charge in [0.15, 0.2) is 0 Å². The molecule has 0 unspecified atom stereocenters. The first-order valence-electron chi connectivity index (χ1n) is 6.52. The summed E-state index contributed by atoms with van der Waals surface area (Å²) in [5.74, 6) is -0.262. The molecule has 0 bridgehead atoms. The fraction of sp³-hybridized carbons (Fsp3) is 0.267. The summed E-state index contributed by atoms with van der Waals surface area (Å²) in [5, 5.41) is 13.1. The second kappa shape index (κ2) is 7.73. The third kappa shape index (κ3) is 4.53. The van der Waals surface area contributed by atoms with E-state index in [4.69, 9.17) is 10.8 Å². The van der Waals surface area contributed by atoms with Crippen molar-refractivity contribution in [2.24, 2.45) is 0 Å². The number of carboxylic acids is 1. The van der Waals surface area contributed by atoms with Crippen LogP contribution in [0.2, 0.25) is 0 Å². The van der Waals surface area contributed by atoms with Crippen molar-refractivity contribution in [1.82, 2.24) is 5.10 Å². The molecule has 0 saturated carbocycles. The van der Waals surface area contributed by atoms with Crippen molar-refractivity contribution in [3.8, 4) is 11.1 Å². The number of hydrogen-bond acceptors (Lipinski definition) is 3. The molecule has 0 aliphatic rings. The van der Waals surface area contributed by atoms with Crippen LogP contribution < -0.4 is 27.4 Å². The Hall–Kier alpha value is -1.95. The number of aromatic nitrogens is 2. The highest BCUT2D eigenvalue weighted by Gasteiger charge is 2.13. The number of carbonyl (C=O) groups is 1. The van der Waals surface area contributed by atoms with Gasteiger partial charge < -0.3 is 22.1 Å². The Morgan fingerprint density at radius 3 is 2.62 bits per heavy atom. The zero-order valence-electron chi connectivity index (χ0n) is 11.8. The van der Waals surface area contributed by atoms with Crippen LogP contribution >= 0.6 is 0 Å². The van der Waals surface area contributed by atoms with Crippen LogP contribution in [-0.2, 0) is 11.3 Å². The van der Waals surface area contributed by atoms with E-state index in [1.807, 2.05) is 43.3 Å². The van der Waals surface area contributed by atoms with Crippen molar-refractivity contribution in [1.29, 1.82) is 0 Å². The maximum atomic E-state index is 10.5. The van der Waals surface area contributed by atoms with Gasteiger partial charge in [0.05, 0.1) is 5.69 Å². The second-order valence-corrected chi connectivity index (χ2v) is 4.65. The Morgan fingerprint density at radius 1 is 1.33 bits per heavy atom. The number of aliphatic carboxylic acids is 1. The summed E-state index contributed by atoms with van der Waals surface area (Å²) in [6.45, 7) is 2.43. The summed E-state index contributed by atoms with van der Waals surface area (Å²) in [7, 11) is 0. The number of carboxylic acid groups (broad SMARTS) is 1. The van der Waals surface area contributed by atoms with Crippen LogP contribution in [0.25, 0.3) is 11.1 Å². The molecule has 2 aromatic rings. The summed E-state index contributed by atoms with van der Waals surface area (Å²) < 4.78 is 1.66. The molecule has 0 aliphatic carbocycles. The predicted octanol–water partition coefficient (Wildman–Crippen LogP) is -1.20. The zero-order chi connectivity index (χ0) is 14.5. The van der Waals surface area contributed by atoms with Crippen molar-refractivity contribution < 1.29 is 31.6 Å². The van der Waals surface area contributed by atoms with Gasteiger partial charge in [-0.25, -0.2) is 0 Å². The van der Waals surface area contributed by atoms with E-state index in [2.05, 4.69) is 5.10 Å². The van der Waals surface area contributed by atoms with Crippen LogP contribution in [0.1, 0.15) is 18.5 Å². The third-order valence-corrected chi connectivity index (χ3v) is 3.10. The van der Waals surface area contributed by atoms with Crippen LogP contribution in [0, 0.1) is 6.92 Å². The van der Waals surface area contributed by atoms with E-state index in [9.17, 15) is 4.79 Å². The van der Waals surface area contributed by atoms with E-state index in [0.29, 0.717) is 18.8 Å². The summed E-state index contributed by atoms with van der Waals surface area (Å²) in [6.07, 6.45) is 0.634. The van der Waals surface area contributed by atoms with E-state index in [-0.39, 0.29) is 23.4 Å². The molecule has 1 heterocycles. The molecule has 0 saturated heterocycles. The van der Waals surface area contributed by atoms with E-state index >= 15 is 0 Å². The molecule has 1 aromatic carbocycles. The average molecular weight is 352 g/mol. The monoisotopic (exact) mass is 351 g/mol. The maximum Gasteiger partial charge on any atom is 0.303 e. The Balaban J connectivity index is 0.00000220. The lowest BCUT2D eigenvalue weighted by atomic mass is 10.1. The van der Waals surface area contributed by atoms with Crippen molar-refractivity contribution >= 4 is 11.8 Å². The van der Waals surface area contributed by atoms with E-state index in [1.54, 1.807) is 4.68 Å². The maximum absolute atomic E-state index is 10.5. The lowest BCUT2D eigenvalue weighted by Gasteiger charge is -2.07. The van der Waals surface area contributed by atoms with Gasteiger partial charge in [0.1, 0.15) is 6.54 Å². The number of nitrogens with zero attached hydrogens (tertiary/aromatic N) is 2. The summed E-state index contributed by atoms with van der Waals surface area (Å²) in [6, 6.07) is 11.8. The number of anilines is 1. The molecule has 0 atom stereocenters. The highest BCUT2D eigenvalue weighted by Crippen LogP contribution is 2.21. The van der Waals surface area contributed by atoms with Gasteiger partial charge in [0, 0.05) is 18.1 Å². The summed E-state index contributed by atoms with van der Waals surface area (Å²) in [4.78, 5) is 10.5. The summed E-state index contributed by atoms with van der Waals surface area (Å²) >= 11 is 0. The zero-order valence-corrected chi connectivity index (χ0v) is 13.4. The molecular weight excluding hydrogens is 334 g/mol. The van der Waals surface area contributed by atoms with Gasteiger partial charge in [0.2, 0.25) is 0 Å². The number of rotatable bonds is 5. The van der Waals surface area contributed by atoms with Crippen LogP contribution in [0.15, 0.2) is 36.4 Å². The number of benzene rings is 1. The molecule has 5 nitrogen and oxygen atoms in total. The number of nitrogen functional groups attached to an aromatic ring is 1. The van der Waals surface area contributed by atoms with Gasteiger partial charge in [-0.2, -0.15) is 0 Å². The van der Waals surface area contributed by atoms with Crippen molar-refractivity contribution in [2.45, 2.75) is 26.3 Å². The van der Waals surface area contributed by atoms with Gasteiger partial charge in [0.25, 0.3) is 5.82 Å². The minimum absolute atomic E-state index is 0. The van der Waals surface area contributed by atoms with Gasteiger partial charge in [-0.3, -0.25) is 10.5 Å². The molecule has 2 rings (SSSR count). The molecule has 0 spiro atoms. The topological polar surface area (TPSA) is 80.1 Å². The highest BCUT2D eigenvalue weighted by atomic mass is 79.9. The largest absolute Gasteiger partial charge is 1.00 e. The number of hydrogen-bond donors (Lipinski definition) is 2. The minimum Gasteiger partial charge on any atom is -1.00 e. The quantitative estimate of drug-likeness (QED) is 0.663. The third-order valence-electron chi connectivity index (χ3n) is 3.10. The first-order valence-corrected chi connectivity index (χ1v) is 6.52. The first-order chi connectivity index (χ1) is 9.58. The Bertz CT molecular complexity index is 618. The lowest BCUT2D eigenvalue weighted by Crippen LogP contribution is -3.00. The van der Waals surface area contributed by atoms with Crippen LogP contribution in [0.5, 0.6) is 0 Å². The lowest BCUT2D eigenvalue weighted by molar-refractivity contribution is -0.741. The Kier molecular flexibility index (Phi) is 6.30. The second-order valence-electron chi connectivity index (χ2n) is 4.65. The highest BCUT2D eigenvalue weighted by molar-refractivity contribution is 5.67. The van der Waals surface area contributed by atoms with Gasteiger partial charge in [-0.15, -0.1) is 4.68 Å². The molecule has 112 valence electrons. The SMILES string of the molecule is Cc1n[n+](CCCC(=O)O)c(N)cc1-c1ccccc1.[Br-]. The summed E-state index contributed by atoms with van der Waals surface area (Å²) in [5.41, 5.74) is 8.94. The van der Waals surface area contributed by atoms with E-state index < -0.39 is 5.97 Å².